The summed E-state index contributed by atoms with van der Waals surface area (Å²) in [7, 11) is -3.32. The normalized spacial score (nSPS) is 16.7. The lowest BCUT2D eigenvalue weighted by Gasteiger charge is -2.28. The highest BCUT2D eigenvalue weighted by Crippen LogP contribution is 2.23. The summed E-state index contributed by atoms with van der Waals surface area (Å²) >= 11 is 0. The maximum Gasteiger partial charge on any atom is 0.239 e. The third-order valence-electron chi connectivity index (χ3n) is 3.85. The number of hydrogen-bond acceptors (Lipinski definition) is 3. The van der Waals surface area contributed by atoms with Crippen LogP contribution in [0.5, 0.6) is 0 Å². The van der Waals surface area contributed by atoms with Crippen LogP contribution in [0.4, 0.5) is 5.69 Å². The van der Waals surface area contributed by atoms with Gasteiger partial charge in [0.15, 0.2) is 0 Å². The van der Waals surface area contributed by atoms with Crippen molar-refractivity contribution in [3.05, 3.63) is 30.3 Å². The Morgan fingerprint density at radius 2 is 1.95 bits per heavy atom. The van der Waals surface area contributed by atoms with Gasteiger partial charge in [0, 0.05) is 19.1 Å². The van der Waals surface area contributed by atoms with E-state index in [1.54, 1.807) is 11.2 Å². The van der Waals surface area contributed by atoms with Crippen molar-refractivity contribution in [3.63, 3.8) is 0 Å². The molecule has 5 heteroatoms. The van der Waals surface area contributed by atoms with E-state index in [2.05, 4.69) is 12.2 Å². The van der Waals surface area contributed by atoms with E-state index in [1.165, 1.54) is 12.8 Å². The van der Waals surface area contributed by atoms with Crippen molar-refractivity contribution in [2.75, 3.05) is 17.4 Å². The molecule has 21 heavy (non-hydrogen) atoms. The number of rotatable bonds is 9. The van der Waals surface area contributed by atoms with E-state index < -0.39 is 15.3 Å². The smallest absolute Gasteiger partial charge is 0.239 e. The molecule has 1 fully saturated rings. The first kappa shape index (κ1) is 16.3. The number of nitrogens with one attached hydrogen (secondary N) is 1. The lowest BCUT2D eigenvalue weighted by atomic mass is 10.3. The molecular weight excluding hydrogens is 284 g/mol. The molecule has 0 saturated heterocycles. The zero-order valence-electron chi connectivity index (χ0n) is 13.0. The molecule has 0 amide bonds. The molecule has 118 valence electrons. The van der Waals surface area contributed by atoms with E-state index in [0.717, 1.165) is 18.5 Å². The summed E-state index contributed by atoms with van der Waals surface area (Å²) in [6.07, 6.45) is 4.19. The fraction of sp³-hybridized carbons (Fsp3) is 0.625. The summed E-state index contributed by atoms with van der Waals surface area (Å²) < 4.78 is 27.3. The minimum atomic E-state index is -3.32. The predicted octanol–water partition coefficient (Wildman–Crippen LogP) is 2.76. The number of para-hydroxylation sites is 1. The molecule has 0 heterocycles. The van der Waals surface area contributed by atoms with E-state index in [0.29, 0.717) is 19.1 Å². The zero-order chi connectivity index (χ0) is 15.3. The number of sulfonamides is 1. The number of anilines is 1. The van der Waals surface area contributed by atoms with Crippen molar-refractivity contribution in [2.24, 2.45) is 0 Å². The second-order valence-corrected chi connectivity index (χ2v) is 8.07. The van der Waals surface area contributed by atoms with Crippen LogP contribution in [0, 0.1) is 0 Å². The summed E-state index contributed by atoms with van der Waals surface area (Å²) in [5.74, 6) is 0. The topological polar surface area (TPSA) is 49.4 Å². The Morgan fingerprint density at radius 3 is 2.52 bits per heavy atom. The maximum absolute atomic E-state index is 12.9. The molecule has 0 bridgehead atoms. The van der Waals surface area contributed by atoms with Crippen LogP contribution >= 0.6 is 0 Å². The van der Waals surface area contributed by atoms with Gasteiger partial charge in [-0.15, -0.1) is 0 Å². The van der Waals surface area contributed by atoms with E-state index in [4.69, 9.17) is 0 Å². The standard InChI is InChI=1S/C16H26N2O2S/c1-3-4-12-18(16-8-6-5-7-9-16)21(19,20)14(2)13-17-15-10-11-15/h5-9,14-15,17H,3-4,10-13H2,1-2H3. The summed E-state index contributed by atoms with van der Waals surface area (Å²) in [5.41, 5.74) is 0.768. The minimum absolute atomic E-state index is 0.407. The SMILES string of the molecule is CCCCN(c1ccccc1)S(=O)(=O)C(C)CNC1CC1. The number of hydrogen-bond donors (Lipinski definition) is 1. The van der Waals surface area contributed by atoms with Crippen LogP contribution in [-0.2, 0) is 10.0 Å². The van der Waals surface area contributed by atoms with Crippen molar-refractivity contribution < 1.29 is 8.42 Å². The van der Waals surface area contributed by atoms with Gasteiger partial charge in [-0.05, 0) is 38.3 Å². The second kappa shape index (κ2) is 7.27. The Hall–Kier alpha value is -1.07. The van der Waals surface area contributed by atoms with Gasteiger partial charge in [-0.25, -0.2) is 8.42 Å². The van der Waals surface area contributed by atoms with Crippen molar-refractivity contribution >= 4 is 15.7 Å². The first-order chi connectivity index (χ1) is 10.1. The summed E-state index contributed by atoms with van der Waals surface area (Å²) in [6, 6.07) is 9.95. The van der Waals surface area contributed by atoms with Gasteiger partial charge in [0.25, 0.3) is 0 Å². The van der Waals surface area contributed by atoms with Crippen LogP contribution < -0.4 is 9.62 Å². The first-order valence-corrected chi connectivity index (χ1v) is 9.36. The molecule has 1 N–H and O–H groups in total. The average molecular weight is 310 g/mol. The lowest BCUT2D eigenvalue weighted by molar-refractivity contribution is 0.564. The molecule has 4 nitrogen and oxygen atoms in total. The number of benzene rings is 1. The molecule has 1 aromatic carbocycles. The van der Waals surface area contributed by atoms with Gasteiger partial charge in [-0.1, -0.05) is 31.5 Å². The molecule has 1 aliphatic carbocycles. The van der Waals surface area contributed by atoms with Crippen LogP contribution in [-0.4, -0.2) is 32.8 Å². The first-order valence-electron chi connectivity index (χ1n) is 7.85. The van der Waals surface area contributed by atoms with E-state index >= 15 is 0 Å². The van der Waals surface area contributed by atoms with Crippen LogP contribution in [0.25, 0.3) is 0 Å². The highest BCUT2D eigenvalue weighted by atomic mass is 32.2. The Balaban J connectivity index is 2.12. The van der Waals surface area contributed by atoms with Gasteiger partial charge in [-0.2, -0.15) is 0 Å². The predicted molar refractivity (Wildman–Crippen MR) is 88.1 cm³/mol. The van der Waals surface area contributed by atoms with Gasteiger partial charge < -0.3 is 5.32 Å². The van der Waals surface area contributed by atoms with Crippen molar-refractivity contribution in [2.45, 2.75) is 50.8 Å². The fourth-order valence-electron chi connectivity index (χ4n) is 2.24. The highest BCUT2D eigenvalue weighted by molar-refractivity contribution is 7.93. The largest absolute Gasteiger partial charge is 0.313 e. The van der Waals surface area contributed by atoms with E-state index in [9.17, 15) is 8.42 Å². The Bertz CT molecular complexity index is 526. The molecule has 1 aromatic rings. The minimum Gasteiger partial charge on any atom is -0.313 e. The van der Waals surface area contributed by atoms with Crippen LogP contribution in [0.15, 0.2) is 30.3 Å². The Kier molecular flexibility index (Phi) is 5.65. The molecule has 0 aromatic heterocycles. The quantitative estimate of drug-likeness (QED) is 0.763. The fourth-order valence-corrected chi connectivity index (χ4v) is 3.78. The van der Waals surface area contributed by atoms with Gasteiger partial charge in [0.2, 0.25) is 10.0 Å². The molecule has 0 spiro atoms. The third kappa shape index (κ3) is 4.45. The van der Waals surface area contributed by atoms with Gasteiger partial charge in [0.05, 0.1) is 10.9 Å². The highest BCUT2D eigenvalue weighted by Gasteiger charge is 2.30. The second-order valence-electron chi connectivity index (χ2n) is 5.80. The summed E-state index contributed by atoms with van der Waals surface area (Å²) in [6.45, 7) is 4.96. The monoisotopic (exact) mass is 310 g/mol. The van der Waals surface area contributed by atoms with Crippen LogP contribution in [0.2, 0.25) is 0 Å². The van der Waals surface area contributed by atoms with Gasteiger partial charge in [-0.3, -0.25) is 4.31 Å². The number of nitrogens with zero attached hydrogens (tertiary/aromatic N) is 1. The Morgan fingerprint density at radius 1 is 1.29 bits per heavy atom. The molecule has 1 aliphatic rings. The lowest BCUT2D eigenvalue weighted by Crippen LogP contribution is -2.43. The van der Waals surface area contributed by atoms with Crippen LogP contribution in [0.1, 0.15) is 39.5 Å². The van der Waals surface area contributed by atoms with Crippen molar-refractivity contribution in [1.29, 1.82) is 0 Å². The van der Waals surface area contributed by atoms with Gasteiger partial charge in [0.1, 0.15) is 0 Å². The molecule has 0 radical (unpaired) electrons. The molecule has 0 aliphatic heterocycles. The van der Waals surface area contributed by atoms with E-state index in [-0.39, 0.29) is 0 Å². The van der Waals surface area contributed by atoms with E-state index in [1.807, 2.05) is 30.3 Å². The molecule has 1 saturated carbocycles. The van der Waals surface area contributed by atoms with Crippen molar-refractivity contribution in [3.8, 4) is 0 Å². The molecular formula is C16H26N2O2S. The average Bonchev–Trinajstić information content (AvgIpc) is 3.30. The summed E-state index contributed by atoms with van der Waals surface area (Å²) in [4.78, 5) is 0. The van der Waals surface area contributed by atoms with Crippen LogP contribution in [0.3, 0.4) is 0 Å². The zero-order valence-corrected chi connectivity index (χ0v) is 13.8. The maximum atomic E-state index is 12.9. The number of unbranched alkanes of at least 4 members (excludes halogenated alkanes) is 1. The third-order valence-corrected chi connectivity index (χ3v) is 6.04. The summed E-state index contributed by atoms with van der Waals surface area (Å²) in [5, 5.41) is 2.91. The molecule has 1 atom stereocenters. The molecule has 1 unspecified atom stereocenters. The Labute approximate surface area is 128 Å². The molecule has 2 rings (SSSR count). The van der Waals surface area contributed by atoms with Gasteiger partial charge >= 0.3 is 0 Å². The van der Waals surface area contributed by atoms with Crippen molar-refractivity contribution in [1.82, 2.24) is 5.32 Å².